The Balaban J connectivity index is 1.74. The number of allylic oxidation sites excluding steroid dienone is 1. The molecule has 2 saturated heterocycles. The monoisotopic (exact) mass is 373 g/mol. The molecule has 26 heavy (non-hydrogen) atoms. The van der Waals surface area contributed by atoms with Crippen molar-refractivity contribution in [1.82, 2.24) is 4.31 Å². The fraction of sp³-hybridized carbons (Fsp3) is 0.450. The summed E-state index contributed by atoms with van der Waals surface area (Å²) in [6.07, 6.45) is 1.31. The van der Waals surface area contributed by atoms with Gasteiger partial charge in [-0.15, -0.1) is 0 Å². The van der Waals surface area contributed by atoms with Crippen molar-refractivity contribution in [1.29, 1.82) is 0 Å². The number of fused-ring (bicyclic) bond motifs is 1. The number of carbonyl (C=O) groups is 1. The molecule has 0 amide bonds. The van der Waals surface area contributed by atoms with Crippen molar-refractivity contribution in [2.75, 3.05) is 19.7 Å². The van der Waals surface area contributed by atoms with Gasteiger partial charge < -0.3 is 4.74 Å². The summed E-state index contributed by atoms with van der Waals surface area (Å²) in [5.41, 5.74) is 4.60. The molecule has 1 atom stereocenters. The Kier molecular flexibility index (Phi) is 3.90. The lowest BCUT2D eigenvalue weighted by Gasteiger charge is -2.32. The number of hydrogen-bond donors (Lipinski definition) is 0. The van der Waals surface area contributed by atoms with Gasteiger partial charge in [0, 0.05) is 19.5 Å². The molecule has 2 fully saturated rings. The number of hydrogen-bond acceptors (Lipinski definition) is 4. The Hall–Kier alpha value is -1.92. The third-order valence-electron chi connectivity index (χ3n) is 6.10. The Labute approximate surface area is 154 Å². The number of nitrogens with zero attached hydrogens (tertiary/aromatic N) is 1. The van der Waals surface area contributed by atoms with E-state index in [-0.39, 0.29) is 5.97 Å². The highest BCUT2D eigenvalue weighted by atomic mass is 32.2. The van der Waals surface area contributed by atoms with Crippen LogP contribution in [-0.2, 0) is 19.6 Å². The Morgan fingerprint density at radius 1 is 1.04 bits per heavy atom. The van der Waals surface area contributed by atoms with Crippen LogP contribution in [0.5, 0.6) is 0 Å². The number of cyclic esters (lactones) is 1. The van der Waals surface area contributed by atoms with E-state index in [1.165, 1.54) is 4.31 Å². The van der Waals surface area contributed by atoms with Gasteiger partial charge in [-0.25, -0.2) is 8.42 Å². The minimum Gasteiger partial charge on any atom is -0.465 e. The summed E-state index contributed by atoms with van der Waals surface area (Å²) in [7, 11) is -3.56. The summed E-state index contributed by atoms with van der Waals surface area (Å²) in [5.74, 6) is -0.166. The second-order valence-electron chi connectivity index (χ2n) is 7.59. The second-order valence-corrected chi connectivity index (χ2v) is 9.53. The molecular formula is C20H23NO4S. The van der Waals surface area contributed by atoms with Crippen LogP contribution in [0, 0.1) is 12.3 Å². The molecule has 5 nitrogen and oxygen atoms in total. The third kappa shape index (κ3) is 2.39. The molecule has 1 spiro atoms. The van der Waals surface area contributed by atoms with Crippen LogP contribution in [-0.4, -0.2) is 38.4 Å². The van der Waals surface area contributed by atoms with Crippen molar-refractivity contribution in [2.24, 2.45) is 5.41 Å². The van der Waals surface area contributed by atoms with Gasteiger partial charge in [0.05, 0.1) is 16.9 Å². The predicted octanol–water partition coefficient (Wildman–Crippen LogP) is 2.97. The summed E-state index contributed by atoms with van der Waals surface area (Å²) in [6, 6.07) is 6.94. The van der Waals surface area contributed by atoms with Gasteiger partial charge in [-0.3, -0.25) is 4.79 Å². The van der Waals surface area contributed by atoms with E-state index in [1.54, 1.807) is 12.1 Å². The van der Waals surface area contributed by atoms with E-state index in [1.807, 2.05) is 32.9 Å². The fourth-order valence-electron chi connectivity index (χ4n) is 4.41. The second kappa shape index (κ2) is 5.79. The molecule has 0 unspecified atom stereocenters. The molecule has 4 rings (SSSR count). The standard InChI is InChI=1S/C20H23NO4S/c1-13-4-6-16(7-5-13)26(23,24)21-11-17-14(2)10-20(8-9-25-19(20)22)15(3)18(17)12-21/h4-7H,8-12H2,1-3H3/t20-/m1/s1. The van der Waals surface area contributed by atoms with E-state index in [4.69, 9.17) is 4.74 Å². The van der Waals surface area contributed by atoms with Gasteiger partial charge in [-0.2, -0.15) is 4.31 Å². The number of sulfonamides is 1. The van der Waals surface area contributed by atoms with E-state index < -0.39 is 15.4 Å². The summed E-state index contributed by atoms with van der Waals surface area (Å²) >= 11 is 0. The highest BCUT2D eigenvalue weighted by Crippen LogP contribution is 2.51. The van der Waals surface area contributed by atoms with E-state index in [2.05, 4.69) is 0 Å². The summed E-state index contributed by atoms with van der Waals surface area (Å²) in [4.78, 5) is 12.7. The van der Waals surface area contributed by atoms with Crippen LogP contribution in [0.1, 0.15) is 32.3 Å². The minimum atomic E-state index is -3.56. The first-order valence-corrected chi connectivity index (χ1v) is 10.3. The first kappa shape index (κ1) is 17.5. The largest absolute Gasteiger partial charge is 0.465 e. The summed E-state index contributed by atoms with van der Waals surface area (Å²) in [6.45, 7) is 7.05. The van der Waals surface area contributed by atoms with Crippen LogP contribution < -0.4 is 0 Å². The van der Waals surface area contributed by atoms with Crippen LogP contribution in [0.4, 0.5) is 0 Å². The van der Waals surface area contributed by atoms with Crippen LogP contribution in [0.15, 0.2) is 51.5 Å². The number of ether oxygens (including phenoxy) is 1. The zero-order valence-corrected chi connectivity index (χ0v) is 16.1. The van der Waals surface area contributed by atoms with Gasteiger partial charge >= 0.3 is 5.97 Å². The van der Waals surface area contributed by atoms with E-state index in [9.17, 15) is 13.2 Å². The van der Waals surface area contributed by atoms with Crippen molar-refractivity contribution in [3.05, 3.63) is 52.1 Å². The van der Waals surface area contributed by atoms with Crippen LogP contribution in [0.3, 0.4) is 0 Å². The molecular weight excluding hydrogens is 350 g/mol. The molecule has 0 radical (unpaired) electrons. The molecule has 0 aromatic heterocycles. The number of aryl methyl sites for hydroxylation is 1. The van der Waals surface area contributed by atoms with E-state index >= 15 is 0 Å². The maximum atomic E-state index is 13.1. The number of benzene rings is 1. The first-order chi connectivity index (χ1) is 12.3. The highest BCUT2D eigenvalue weighted by molar-refractivity contribution is 7.89. The molecule has 1 aromatic rings. The molecule has 2 aliphatic heterocycles. The van der Waals surface area contributed by atoms with Gasteiger partial charge in [0.25, 0.3) is 0 Å². The zero-order valence-electron chi connectivity index (χ0n) is 15.3. The predicted molar refractivity (Wildman–Crippen MR) is 98.0 cm³/mol. The first-order valence-electron chi connectivity index (χ1n) is 8.89. The fourth-order valence-corrected chi connectivity index (χ4v) is 5.78. The molecule has 6 heteroatoms. The molecule has 0 saturated carbocycles. The SMILES string of the molecule is CC1=C2CN(S(=O)(=O)c3ccc(C)cc3)CC2=C(C)[C@@]2(CCOC2=O)C1. The smallest absolute Gasteiger partial charge is 0.316 e. The number of carbonyl (C=O) groups excluding carboxylic acids is 1. The normalized spacial score (nSPS) is 26.7. The molecule has 1 aliphatic carbocycles. The molecule has 0 N–H and O–H groups in total. The van der Waals surface area contributed by atoms with Crippen molar-refractivity contribution in [2.45, 2.75) is 38.5 Å². The van der Waals surface area contributed by atoms with Crippen LogP contribution >= 0.6 is 0 Å². The van der Waals surface area contributed by atoms with Gasteiger partial charge in [-0.05, 0) is 50.5 Å². The molecule has 1 aromatic carbocycles. The third-order valence-corrected chi connectivity index (χ3v) is 7.90. The maximum Gasteiger partial charge on any atom is 0.316 e. The molecule has 3 aliphatic rings. The Bertz CT molecular complexity index is 956. The number of esters is 1. The molecule has 138 valence electrons. The average molecular weight is 373 g/mol. The van der Waals surface area contributed by atoms with E-state index in [0.29, 0.717) is 37.4 Å². The summed E-state index contributed by atoms with van der Waals surface area (Å²) < 4.78 is 32.9. The molecule has 2 heterocycles. The summed E-state index contributed by atoms with van der Waals surface area (Å²) in [5, 5.41) is 0. The van der Waals surface area contributed by atoms with Crippen LogP contribution in [0.2, 0.25) is 0 Å². The van der Waals surface area contributed by atoms with Crippen molar-refractivity contribution in [3.63, 3.8) is 0 Å². The Morgan fingerprint density at radius 3 is 2.31 bits per heavy atom. The maximum absolute atomic E-state index is 13.1. The Morgan fingerprint density at radius 2 is 1.69 bits per heavy atom. The van der Waals surface area contributed by atoms with Gasteiger partial charge in [-0.1, -0.05) is 28.8 Å². The highest BCUT2D eigenvalue weighted by Gasteiger charge is 2.51. The topological polar surface area (TPSA) is 63.7 Å². The van der Waals surface area contributed by atoms with Crippen LogP contribution in [0.25, 0.3) is 0 Å². The lowest BCUT2D eigenvalue weighted by atomic mass is 9.68. The van der Waals surface area contributed by atoms with E-state index in [0.717, 1.165) is 27.9 Å². The lowest BCUT2D eigenvalue weighted by molar-refractivity contribution is -0.144. The van der Waals surface area contributed by atoms with Crippen molar-refractivity contribution < 1.29 is 17.9 Å². The number of rotatable bonds is 2. The quantitative estimate of drug-likeness (QED) is 0.748. The van der Waals surface area contributed by atoms with Gasteiger partial charge in [0.2, 0.25) is 10.0 Å². The van der Waals surface area contributed by atoms with Gasteiger partial charge in [0.1, 0.15) is 0 Å². The molecule has 0 bridgehead atoms. The average Bonchev–Trinajstić information content (AvgIpc) is 3.20. The van der Waals surface area contributed by atoms with Crippen molar-refractivity contribution in [3.8, 4) is 0 Å². The lowest BCUT2D eigenvalue weighted by Crippen LogP contribution is -2.32. The zero-order chi connectivity index (χ0) is 18.7. The van der Waals surface area contributed by atoms with Crippen molar-refractivity contribution >= 4 is 16.0 Å². The minimum absolute atomic E-state index is 0.166. The van der Waals surface area contributed by atoms with Gasteiger partial charge in [0.15, 0.2) is 0 Å².